The minimum atomic E-state index is -1.19. The van der Waals surface area contributed by atoms with E-state index >= 15 is 0 Å². The molecule has 2 atom stereocenters. The van der Waals surface area contributed by atoms with Crippen molar-refractivity contribution in [3.05, 3.63) is 96.1 Å². The molecule has 4 aromatic rings. The maximum absolute atomic E-state index is 14.0. The topological polar surface area (TPSA) is 125 Å². The van der Waals surface area contributed by atoms with Gasteiger partial charge in [-0.15, -0.1) is 0 Å². The van der Waals surface area contributed by atoms with Crippen LogP contribution in [-0.2, 0) is 11.3 Å². The number of anilines is 1. The molecule has 0 aliphatic rings. The van der Waals surface area contributed by atoms with Crippen LogP contribution < -0.4 is 5.32 Å². The Hall–Kier alpha value is -3.08. The number of hydrogen-bond acceptors (Lipinski definition) is 5. The summed E-state index contributed by atoms with van der Waals surface area (Å²) in [6.45, 7) is 4.21. The predicted molar refractivity (Wildman–Crippen MR) is 163 cm³/mol. The van der Waals surface area contributed by atoms with Crippen molar-refractivity contribution in [1.82, 2.24) is 9.55 Å². The number of benzene rings is 2. The van der Waals surface area contributed by atoms with E-state index in [0.29, 0.717) is 28.2 Å². The van der Waals surface area contributed by atoms with Gasteiger partial charge in [-0.2, -0.15) is 0 Å². The Balaban J connectivity index is 0.00000323. The van der Waals surface area contributed by atoms with Gasteiger partial charge in [0.15, 0.2) is 0 Å². The number of carboxylic acid groups (broad SMARTS) is 1. The molecule has 0 saturated heterocycles. The van der Waals surface area contributed by atoms with Crippen molar-refractivity contribution in [3.8, 4) is 22.4 Å². The zero-order valence-corrected chi connectivity index (χ0v) is 25.9. The molecule has 4 N–H and O–H groups in total. The molecule has 42 heavy (non-hydrogen) atoms. The van der Waals surface area contributed by atoms with E-state index < -0.39 is 30.4 Å². The second kappa shape index (κ2) is 15.4. The van der Waals surface area contributed by atoms with E-state index in [-0.39, 0.29) is 71.8 Å². The summed E-state index contributed by atoms with van der Waals surface area (Å²) in [6, 6.07) is 20.7. The van der Waals surface area contributed by atoms with Crippen LogP contribution in [0.15, 0.2) is 79.0 Å². The van der Waals surface area contributed by atoms with Gasteiger partial charge in [-0.1, -0.05) is 50.2 Å². The van der Waals surface area contributed by atoms with Gasteiger partial charge in [-0.25, -0.2) is 9.37 Å². The number of aliphatic hydroxyl groups is 2. The van der Waals surface area contributed by atoms with Crippen LogP contribution in [0.25, 0.3) is 22.4 Å². The summed E-state index contributed by atoms with van der Waals surface area (Å²) in [5.41, 5.74) is 3.98. The summed E-state index contributed by atoms with van der Waals surface area (Å²) >= 11 is 0. The molecule has 0 unspecified atom stereocenters. The van der Waals surface area contributed by atoms with Crippen LogP contribution in [0.4, 0.5) is 10.2 Å². The van der Waals surface area contributed by atoms with Crippen molar-refractivity contribution < 1.29 is 32.2 Å². The molecule has 4 rings (SSSR count). The average molecular weight is 602 g/mol. The Labute approximate surface area is 277 Å². The van der Waals surface area contributed by atoms with Crippen molar-refractivity contribution in [2.75, 3.05) is 5.32 Å². The van der Waals surface area contributed by atoms with Crippen molar-refractivity contribution in [2.24, 2.45) is 0 Å². The van der Waals surface area contributed by atoms with Crippen LogP contribution in [0.5, 0.6) is 0 Å². The molecule has 2 aromatic carbocycles. The van der Waals surface area contributed by atoms with Gasteiger partial charge in [0.05, 0.1) is 29.9 Å². The van der Waals surface area contributed by atoms with Gasteiger partial charge in [-0.3, -0.25) is 9.59 Å². The summed E-state index contributed by atoms with van der Waals surface area (Å²) in [4.78, 5) is 29.2. The molecule has 218 valence electrons. The fourth-order valence-electron chi connectivity index (χ4n) is 5.10. The number of hydrogen-bond donors (Lipinski definition) is 4. The van der Waals surface area contributed by atoms with Crippen LogP contribution in [0.1, 0.15) is 57.9 Å². The summed E-state index contributed by atoms with van der Waals surface area (Å²) in [6.07, 6.45) is -0.961. The normalized spacial score (nSPS) is 12.4. The van der Waals surface area contributed by atoms with Gasteiger partial charge < -0.3 is 28.1 Å². The van der Waals surface area contributed by atoms with Gasteiger partial charge in [0, 0.05) is 24.0 Å². The first-order valence-corrected chi connectivity index (χ1v) is 13.5. The van der Waals surface area contributed by atoms with Crippen LogP contribution in [0.2, 0.25) is 0 Å². The first kappa shape index (κ1) is 33.4. The minimum absolute atomic E-state index is 0. The van der Waals surface area contributed by atoms with E-state index in [4.69, 9.17) is 5.11 Å². The number of amides is 1. The minimum Gasteiger partial charge on any atom is -1.00 e. The fraction of sp³-hybridized carbons (Fsp3) is 0.281. The van der Waals surface area contributed by atoms with Crippen LogP contribution in [0, 0.1) is 5.82 Å². The second-order valence-electron chi connectivity index (χ2n) is 10.3. The Kier molecular flexibility index (Phi) is 12.3. The number of pyridine rings is 1. The maximum atomic E-state index is 14.0. The van der Waals surface area contributed by atoms with Gasteiger partial charge in [-0.05, 0) is 66.3 Å². The number of halogens is 1. The molecule has 0 saturated carbocycles. The second-order valence-corrected chi connectivity index (χ2v) is 10.3. The van der Waals surface area contributed by atoms with Crippen molar-refractivity contribution in [3.63, 3.8) is 0 Å². The van der Waals surface area contributed by atoms with E-state index in [9.17, 15) is 24.2 Å². The summed E-state index contributed by atoms with van der Waals surface area (Å²) in [7, 11) is 0. The summed E-state index contributed by atoms with van der Waals surface area (Å²) in [5.74, 6) is -1.64. The SMILES string of the molecule is CC(C)c1c(C(=O)Nc2ccccn2)c(-c2ccccc2)c(-c2ccc(F)cc2)n1CC[C@@H](O)C[C@@H](O)CC(=O)O.[Ca+2].[H-].[H-]. The number of aliphatic carboxylic acids is 1. The third-order valence-corrected chi connectivity index (χ3v) is 6.80. The van der Waals surface area contributed by atoms with Crippen molar-refractivity contribution in [1.29, 1.82) is 0 Å². The largest absolute Gasteiger partial charge is 2.00 e. The molecule has 2 heterocycles. The number of nitrogens with zero attached hydrogens (tertiary/aromatic N) is 2. The standard InChI is InChI=1S/C32H34FN3O5.Ca.2H/c1-20(2)30-29(32(41)35-26-10-6-7-16-34-26)28(21-8-4-3-5-9-21)31(22-11-13-23(33)14-12-22)36(30)17-15-24(37)18-25(38)19-27(39)40;;;/h3-14,16,20,24-25,37-38H,15,17-19H2,1-2H3,(H,39,40)(H,34,35,41);;;/q;+2;2*-1/t24-,25-;;;/m1.../s1. The van der Waals surface area contributed by atoms with Crippen LogP contribution >= 0.6 is 0 Å². The molecular formula is C32H36CaFN3O5. The van der Waals surface area contributed by atoms with Gasteiger partial charge in [0.2, 0.25) is 0 Å². The summed E-state index contributed by atoms with van der Waals surface area (Å²) in [5, 5.41) is 32.7. The van der Waals surface area contributed by atoms with E-state index in [1.54, 1.807) is 36.5 Å². The Morgan fingerprint density at radius 2 is 1.62 bits per heavy atom. The number of nitrogens with one attached hydrogen (secondary N) is 1. The van der Waals surface area contributed by atoms with Gasteiger partial charge in [0.1, 0.15) is 11.6 Å². The first-order chi connectivity index (χ1) is 19.7. The van der Waals surface area contributed by atoms with E-state index in [1.807, 2.05) is 48.7 Å². The number of carbonyl (C=O) groups excluding carboxylic acids is 1. The van der Waals surface area contributed by atoms with Crippen molar-refractivity contribution in [2.45, 2.75) is 57.8 Å². The average Bonchev–Trinajstić information content (AvgIpc) is 3.28. The van der Waals surface area contributed by atoms with E-state index in [2.05, 4.69) is 10.3 Å². The predicted octanol–water partition coefficient (Wildman–Crippen LogP) is 5.55. The zero-order valence-electron chi connectivity index (χ0n) is 25.7. The Bertz CT molecular complexity index is 1490. The monoisotopic (exact) mass is 601 g/mol. The fourth-order valence-corrected chi connectivity index (χ4v) is 5.10. The number of carbonyl (C=O) groups is 2. The van der Waals surface area contributed by atoms with E-state index in [0.717, 1.165) is 11.3 Å². The third kappa shape index (κ3) is 8.26. The summed E-state index contributed by atoms with van der Waals surface area (Å²) < 4.78 is 16.0. The molecule has 8 nitrogen and oxygen atoms in total. The molecule has 1 amide bonds. The number of carboxylic acids is 1. The quantitative estimate of drug-likeness (QED) is 0.158. The first-order valence-electron chi connectivity index (χ1n) is 13.5. The molecule has 0 bridgehead atoms. The number of aromatic nitrogens is 2. The van der Waals surface area contributed by atoms with Crippen LogP contribution in [0.3, 0.4) is 0 Å². The third-order valence-electron chi connectivity index (χ3n) is 6.80. The Morgan fingerprint density at radius 1 is 0.952 bits per heavy atom. The molecule has 0 aliphatic heterocycles. The smallest absolute Gasteiger partial charge is 1.00 e. The molecular weight excluding hydrogens is 565 g/mol. The molecule has 0 fully saturated rings. The van der Waals surface area contributed by atoms with Gasteiger partial charge in [0.25, 0.3) is 5.91 Å². The van der Waals surface area contributed by atoms with E-state index in [1.165, 1.54) is 12.1 Å². The molecule has 0 radical (unpaired) electrons. The molecule has 0 spiro atoms. The Morgan fingerprint density at radius 3 is 2.21 bits per heavy atom. The maximum Gasteiger partial charge on any atom is 2.00 e. The van der Waals surface area contributed by atoms with Gasteiger partial charge >= 0.3 is 43.7 Å². The zero-order chi connectivity index (χ0) is 29.5. The number of rotatable bonds is 12. The van der Waals surface area contributed by atoms with Crippen molar-refractivity contribution >= 4 is 55.4 Å². The molecule has 2 aromatic heterocycles. The molecule has 10 heteroatoms. The molecule has 0 aliphatic carbocycles. The number of aliphatic hydroxyl groups excluding tert-OH is 2. The van der Waals surface area contributed by atoms with Crippen LogP contribution in [-0.4, -0.2) is 86.7 Å².